The summed E-state index contributed by atoms with van der Waals surface area (Å²) in [5.74, 6) is -0.854. The van der Waals surface area contributed by atoms with Gasteiger partial charge in [-0.25, -0.2) is 0 Å². The summed E-state index contributed by atoms with van der Waals surface area (Å²) in [6.07, 6.45) is 1.90. The highest BCUT2D eigenvalue weighted by molar-refractivity contribution is 5.95. The van der Waals surface area contributed by atoms with Crippen LogP contribution in [0.15, 0.2) is 47.4 Å². The highest BCUT2D eigenvalue weighted by Gasteiger charge is 2.55. The van der Waals surface area contributed by atoms with Crippen molar-refractivity contribution in [2.45, 2.75) is 19.9 Å². The third-order valence-corrected chi connectivity index (χ3v) is 5.91. The van der Waals surface area contributed by atoms with Crippen LogP contribution in [0.2, 0.25) is 0 Å². The number of rotatable bonds is 3. The Morgan fingerprint density at radius 1 is 1.29 bits per heavy atom. The van der Waals surface area contributed by atoms with E-state index in [-0.39, 0.29) is 42.6 Å². The Balaban J connectivity index is 1.65. The number of para-hydroxylation sites is 1. The number of carbonyl (C=O) groups excluding carboxylic acids is 1. The fourth-order valence-electron chi connectivity index (χ4n) is 4.27. The van der Waals surface area contributed by atoms with Gasteiger partial charge in [0.25, 0.3) is 11.5 Å². The van der Waals surface area contributed by atoms with Gasteiger partial charge in [-0.15, -0.1) is 0 Å². The fraction of sp³-hybridized carbons (Fsp3) is 0.381. The molecule has 0 spiro atoms. The molecular weight excluding hydrogens is 360 g/mol. The zero-order chi connectivity index (χ0) is 19.9. The summed E-state index contributed by atoms with van der Waals surface area (Å²) in [7, 11) is 0. The van der Waals surface area contributed by atoms with Gasteiger partial charge in [0.2, 0.25) is 0 Å². The SMILES string of the molecule is CCn1ccc(C(=O)N2C[C@H]3COc4ccccc4C[C@@]3(C(=O)O)C2)cc1=O. The zero-order valence-corrected chi connectivity index (χ0v) is 15.6. The third kappa shape index (κ3) is 2.87. The second-order valence-electron chi connectivity index (χ2n) is 7.48. The quantitative estimate of drug-likeness (QED) is 0.872. The molecule has 2 atom stereocenters. The minimum Gasteiger partial charge on any atom is -0.493 e. The average molecular weight is 382 g/mol. The lowest BCUT2D eigenvalue weighted by atomic mass is 9.74. The van der Waals surface area contributed by atoms with Crippen LogP contribution in [-0.2, 0) is 17.8 Å². The molecule has 0 bridgehead atoms. The fourth-order valence-corrected chi connectivity index (χ4v) is 4.27. The number of nitrogens with zero attached hydrogens (tertiary/aromatic N) is 2. The predicted octanol–water partition coefficient (Wildman–Crippen LogP) is 1.65. The second-order valence-corrected chi connectivity index (χ2v) is 7.48. The molecule has 146 valence electrons. The highest BCUT2D eigenvalue weighted by atomic mass is 16.5. The number of ether oxygens (including phenoxy) is 1. The maximum Gasteiger partial charge on any atom is 0.312 e. The number of aromatic nitrogens is 1. The molecule has 1 saturated heterocycles. The number of likely N-dealkylation sites (tertiary alicyclic amines) is 1. The van der Waals surface area contributed by atoms with Gasteiger partial charge in [0.15, 0.2) is 0 Å². The van der Waals surface area contributed by atoms with Gasteiger partial charge in [0.1, 0.15) is 5.75 Å². The van der Waals surface area contributed by atoms with Crippen molar-refractivity contribution < 1.29 is 19.4 Å². The van der Waals surface area contributed by atoms with E-state index in [9.17, 15) is 19.5 Å². The number of hydrogen-bond acceptors (Lipinski definition) is 4. The van der Waals surface area contributed by atoms with E-state index in [1.807, 2.05) is 31.2 Å². The van der Waals surface area contributed by atoms with Crippen LogP contribution in [0.5, 0.6) is 5.75 Å². The number of fused-ring (bicyclic) bond motifs is 2. The number of carboxylic acids is 1. The molecule has 7 heteroatoms. The molecule has 0 radical (unpaired) electrons. The van der Waals surface area contributed by atoms with Crippen LogP contribution in [0.4, 0.5) is 0 Å². The van der Waals surface area contributed by atoms with Gasteiger partial charge in [-0.05, 0) is 31.0 Å². The lowest BCUT2D eigenvalue weighted by Crippen LogP contribution is -2.42. The summed E-state index contributed by atoms with van der Waals surface area (Å²) in [4.78, 5) is 38.9. The molecule has 0 saturated carbocycles. The summed E-state index contributed by atoms with van der Waals surface area (Å²) in [6, 6.07) is 10.4. The number of pyridine rings is 1. The summed E-state index contributed by atoms with van der Waals surface area (Å²) in [5.41, 5.74) is -0.215. The largest absolute Gasteiger partial charge is 0.493 e. The van der Waals surface area contributed by atoms with Crippen LogP contribution in [0.1, 0.15) is 22.8 Å². The lowest BCUT2D eigenvalue weighted by Gasteiger charge is -2.27. The number of carbonyl (C=O) groups is 2. The van der Waals surface area contributed by atoms with Crippen molar-refractivity contribution in [1.82, 2.24) is 9.47 Å². The van der Waals surface area contributed by atoms with E-state index < -0.39 is 11.4 Å². The van der Waals surface area contributed by atoms with Gasteiger partial charge in [0, 0.05) is 43.4 Å². The number of benzene rings is 1. The molecule has 1 N–H and O–H groups in total. The molecule has 2 aliphatic heterocycles. The van der Waals surface area contributed by atoms with Crippen molar-refractivity contribution in [3.63, 3.8) is 0 Å². The molecule has 1 amide bonds. The molecule has 7 nitrogen and oxygen atoms in total. The number of carboxylic acid groups (broad SMARTS) is 1. The van der Waals surface area contributed by atoms with Gasteiger partial charge >= 0.3 is 5.97 Å². The van der Waals surface area contributed by atoms with E-state index in [1.54, 1.807) is 17.2 Å². The van der Waals surface area contributed by atoms with Crippen LogP contribution < -0.4 is 10.3 Å². The maximum absolute atomic E-state index is 13.0. The molecule has 1 fully saturated rings. The predicted molar refractivity (Wildman–Crippen MR) is 101 cm³/mol. The minimum atomic E-state index is -1.10. The van der Waals surface area contributed by atoms with E-state index in [1.165, 1.54) is 10.6 Å². The molecule has 2 aliphatic rings. The van der Waals surface area contributed by atoms with Crippen LogP contribution in [0.3, 0.4) is 0 Å². The molecule has 1 aromatic heterocycles. The molecule has 2 aromatic rings. The lowest BCUT2D eigenvalue weighted by molar-refractivity contribution is -0.150. The number of aryl methyl sites for hydroxylation is 1. The summed E-state index contributed by atoms with van der Waals surface area (Å²) >= 11 is 0. The summed E-state index contributed by atoms with van der Waals surface area (Å²) in [6.45, 7) is 3.00. The molecular formula is C21H22N2O5. The Morgan fingerprint density at radius 3 is 2.79 bits per heavy atom. The van der Waals surface area contributed by atoms with Crippen LogP contribution in [0, 0.1) is 11.3 Å². The first-order valence-corrected chi connectivity index (χ1v) is 9.38. The average Bonchev–Trinajstić information content (AvgIpc) is 2.98. The van der Waals surface area contributed by atoms with Crippen molar-refractivity contribution in [2.75, 3.05) is 19.7 Å². The van der Waals surface area contributed by atoms with Crippen LogP contribution in [-0.4, -0.2) is 46.1 Å². The molecule has 28 heavy (non-hydrogen) atoms. The van der Waals surface area contributed by atoms with E-state index in [2.05, 4.69) is 0 Å². The summed E-state index contributed by atoms with van der Waals surface area (Å²) in [5, 5.41) is 10.1. The van der Waals surface area contributed by atoms with Crippen molar-refractivity contribution >= 4 is 11.9 Å². The molecule has 0 unspecified atom stereocenters. The van der Waals surface area contributed by atoms with Gasteiger partial charge < -0.3 is 19.3 Å². The normalized spacial score (nSPS) is 23.3. The van der Waals surface area contributed by atoms with Crippen molar-refractivity contribution in [2.24, 2.45) is 11.3 Å². The molecule has 0 aliphatic carbocycles. The van der Waals surface area contributed by atoms with E-state index in [0.29, 0.717) is 18.7 Å². The molecule has 1 aromatic carbocycles. The van der Waals surface area contributed by atoms with Crippen molar-refractivity contribution in [3.8, 4) is 5.75 Å². The van der Waals surface area contributed by atoms with E-state index >= 15 is 0 Å². The van der Waals surface area contributed by atoms with Gasteiger partial charge in [-0.2, -0.15) is 0 Å². The van der Waals surface area contributed by atoms with Crippen molar-refractivity contribution in [1.29, 1.82) is 0 Å². The van der Waals surface area contributed by atoms with Crippen LogP contribution >= 0.6 is 0 Å². The minimum absolute atomic E-state index is 0.0976. The first-order chi connectivity index (χ1) is 13.4. The second kappa shape index (κ2) is 6.82. The number of aliphatic carboxylic acids is 1. The number of amides is 1. The number of hydrogen-bond donors (Lipinski definition) is 1. The van der Waals surface area contributed by atoms with Gasteiger partial charge in [0.05, 0.1) is 12.0 Å². The van der Waals surface area contributed by atoms with Gasteiger partial charge in [-0.1, -0.05) is 18.2 Å². The first kappa shape index (κ1) is 18.3. The first-order valence-electron chi connectivity index (χ1n) is 9.38. The standard InChI is InChI=1S/C21H22N2O5/c1-2-22-8-7-14(9-18(22)24)19(25)23-11-16-12-28-17-6-4-3-5-15(17)10-21(16,13-23)20(26)27/h3-9,16H,2,10-13H2,1H3,(H,26,27)/t16-,21+/m0/s1. The Morgan fingerprint density at radius 2 is 2.07 bits per heavy atom. The summed E-state index contributed by atoms with van der Waals surface area (Å²) < 4.78 is 7.37. The monoisotopic (exact) mass is 382 g/mol. The zero-order valence-electron chi connectivity index (χ0n) is 15.6. The van der Waals surface area contributed by atoms with E-state index in [4.69, 9.17) is 4.74 Å². The molecule has 4 rings (SSSR count). The topological polar surface area (TPSA) is 88.8 Å². The Kier molecular flexibility index (Phi) is 4.45. The third-order valence-electron chi connectivity index (χ3n) is 5.91. The Hall–Kier alpha value is -3.09. The Bertz CT molecular complexity index is 998. The van der Waals surface area contributed by atoms with E-state index in [0.717, 1.165) is 5.56 Å². The maximum atomic E-state index is 13.0. The highest BCUT2D eigenvalue weighted by Crippen LogP contribution is 2.44. The molecule has 3 heterocycles. The van der Waals surface area contributed by atoms with Gasteiger partial charge in [-0.3, -0.25) is 14.4 Å². The van der Waals surface area contributed by atoms with Crippen LogP contribution in [0.25, 0.3) is 0 Å². The van der Waals surface area contributed by atoms with Crippen molar-refractivity contribution in [3.05, 3.63) is 64.1 Å². The smallest absolute Gasteiger partial charge is 0.312 e. The Labute approximate surface area is 162 Å².